The van der Waals surface area contributed by atoms with Crippen LogP contribution in [0.25, 0.3) is 11.5 Å². The zero-order valence-electron chi connectivity index (χ0n) is 14.1. The summed E-state index contributed by atoms with van der Waals surface area (Å²) in [5.41, 5.74) is 3.10. The molecule has 1 heterocycles. The third-order valence-corrected chi connectivity index (χ3v) is 4.60. The first-order chi connectivity index (χ1) is 12.1. The monoisotopic (exact) mass is 353 g/mol. The van der Waals surface area contributed by atoms with Gasteiger partial charge in [0, 0.05) is 12.1 Å². The average molecular weight is 353 g/mol. The summed E-state index contributed by atoms with van der Waals surface area (Å²) in [6.07, 6.45) is 0. The maximum atomic E-state index is 12.2. The van der Waals surface area contributed by atoms with E-state index < -0.39 is 0 Å². The van der Waals surface area contributed by atoms with E-state index in [1.807, 2.05) is 68.4 Å². The van der Waals surface area contributed by atoms with Gasteiger partial charge in [0.15, 0.2) is 0 Å². The first kappa shape index (κ1) is 17.2. The van der Waals surface area contributed by atoms with E-state index in [9.17, 15) is 4.79 Å². The van der Waals surface area contributed by atoms with Gasteiger partial charge >= 0.3 is 0 Å². The molecule has 1 atom stereocenters. The van der Waals surface area contributed by atoms with E-state index in [-0.39, 0.29) is 11.2 Å². The molecule has 0 fully saturated rings. The summed E-state index contributed by atoms with van der Waals surface area (Å²) in [6.45, 7) is 4.35. The molecule has 1 N–H and O–H groups in total. The zero-order chi connectivity index (χ0) is 17.6. The third-order valence-electron chi connectivity index (χ3n) is 3.66. The van der Waals surface area contributed by atoms with Gasteiger partial charge in [-0.1, -0.05) is 59.8 Å². The lowest BCUT2D eigenvalue weighted by molar-refractivity contribution is -0.120. The highest BCUT2D eigenvalue weighted by Crippen LogP contribution is 2.26. The Labute approximate surface area is 150 Å². The molecular weight excluding hydrogens is 334 g/mol. The SMILES string of the molecule is Cc1ccc(-c2nnc(S[C@H](C)C(=O)NCc3ccccc3)o2)cc1. The van der Waals surface area contributed by atoms with Gasteiger partial charge in [-0.25, -0.2) is 0 Å². The van der Waals surface area contributed by atoms with Gasteiger partial charge in [-0.15, -0.1) is 10.2 Å². The highest BCUT2D eigenvalue weighted by Gasteiger charge is 2.18. The van der Waals surface area contributed by atoms with Crippen molar-refractivity contribution in [3.63, 3.8) is 0 Å². The zero-order valence-corrected chi connectivity index (χ0v) is 14.9. The van der Waals surface area contributed by atoms with Crippen molar-refractivity contribution < 1.29 is 9.21 Å². The molecule has 1 aromatic heterocycles. The van der Waals surface area contributed by atoms with Gasteiger partial charge in [-0.05, 0) is 31.5 Å². The number of rotatable bonds is 6. The van der Waals surface area contributed by atoms with Gasteiger partial charge < -0.3 is 9.73 Å². The Balaban J connectivity index is 1.56. The Morgan fingerprint density at radius 2 is 1.84 bits per heavy atom. The molecule has 0 unspecified atom stereocenters. The van der Waals surface area contributed by atoms with Crippen molar-refractivity contribution in [3.8, 4) is 11.5 Å². The van der Waals surface area contributed by atoms with Crippen molar-refractivity contribution in [3.05, 3.63) is 65.7 Å². The maximum absolute atomic E-state index is 12.2. The molecule has 0 saturated heterocycles. The van der Waals surface area contributed by atoms with Crippen LogP contribution in [-0.4, -0.2) is 21.4 Å². The lowest BCUT2D eigenvalue weighted by Crippen LogP contribution is -2.30. The van der Waals surface area contributed by atoms with Crippen LogP contribution in [0.4, 0.5) is 0 Å². The van der Waals surface area contributed by atoms with E-state index in [2.05, 4.69) is 15.5 Å². The van der Waals surface area contributed by atoms with Crippen molar-refractivity contribution in [2.45, 2.75) is 30.9 Å². The highest BCUT2D eigenvalue weighted by molar-refractivity contribution is 8.00. The second kappa shape index (κ2) is 7.98. The molecule has 25 heavy (non-hydrogen) atoms. The Morgan fingerprint density at radius 3 is 2.56 bits per heavy atom. The summed E-state index contributed by atoms with van der Waals surface area (Å²) in [7, 11) is 0. The lowest BCUT2D eigenvalue weighted by atomic mass is 10.1. The fraction of sp³-hybridized carbons (Fsp3) is 0.211. The Morgan fingerprint density at radius 1 is 1.12 bits per heavy atom. The van der Waals surface area contributed by atoms with Crippen molar-refractivity contribution in [2.75, 3.05) is 0 Å². The fourth-order valence-electron chi connectivity index (χ4n) is 2.20. The molecule has 0 aliphatic carbocycles. The summed E-state index contributed by atoms with van der Waals surface area (Å²) in [5.74, 6) is 0.392. The first-order valence-corrected chi connectivity index (χ1v) is 8.88. The van der Waals surface area contributed by atoms with Gasteiger partial charge in [0.05, 0.1) is 5.25 Å². The average Bonchev–Trinajstić information content (AvgIpc) is 3.09. The number of aryl methyl sites for hydroxylation is 1. The molecule has 0 aliphatic heterocycles. The van der Waals surface area contributed by atoms with E-state index in [0.29, 0.717) is 17.7 Å². The number of carbonyl (C=O) groups is 1. The summed E-state index contributed by atoms with van der Waals surface area (Å²) >= 11 is 1.25. The summed E-state index contributed by atoms with van der Waals surface area (Å²) < 4.78 is 5.65. The summed E-state index contributed by atoms with van der Waals surface area (Å²) in [4.78, 5) is 12.2. The van der Waals surface area contributed by atoms with Crippen LogP contribution in [0.1, 0.15) is 18.1 Å². The molecule has 0 spiro atoms. The second-order valence-electron chi connectivity index (χ2n) is 5.70. The van der Waals surface area contributed by atoms with E-state index in [1.54, 1.807) is 0 Å². The molecule has 0 radical (unpaired) electrons. The number of nitrogens with zero attached hydrogens (tertiary/aromatic N) is 2. The van der Waals surface area contributed by atoms with Crippen molar-refractivity contribution in [1.82, 2.24) is 15.5 Å². The number of thioether (sulfide) groups is 1. The highest BCUT2D eigenvalue weighted by atomic mass is 32.2. The van der Waals surface area contributed by atoms with Crippen LogP contribution < -0.4 is 5.32 Å². The maximum Gasteiger partial charge on any atom is 0.277 e. The predicted octanol–water partition coefficient (Wildman–Crippen LogP) is 3.84. The molecule has 0 bridgehead atoms. The number of amides is 1. The predicted molar refractivity (Wildman–Crippen MR) is 98.1 cm³/mol. The van der Waals surface area contributed by atoms with E-state index >= 15 is 0 Å². The summed E-state index contributed by atoms with van der Waals surface area (Å²) in [5, 5.41) is 11.1. The van der Waals surface area contributed by atoms with E-state index in [4.69, 9.17) is 4.42 Å². The topological polar surface area (TPSA) is 68.0 Å². The fourth-order valence-corrected chi connectivity index (χ4v) is 2.91. The molecule has 1 amide bonds. The molecule has 0 saturated carbocycles. The van der Waals surface area contributed by atoms with Gasteiger partial charge in [-0.3, -0.25) is 4.79 Å². The molecule has 5 nitrogen and oxygen atoms in total. The van der Waals surface area contributed by atoms with Gasteiger partial charge in [0.25, 0.3) is 5.22 Å². The Kier molecular flexibility index (Phi) is 5.50. The van der Waals surface area contributed by atoms with Crippen LogP contribution >= 0.6 is 11.8 Å². The molecular formula is C19H19N3O2S. The van der Waals surface area contributed by atoms with Crippen molar-refractivity contribution in [2.24, 2.45) is 0 Å². The number of benzene rings is 2. The van der Waals surface area contributed by atoms with Gasteiger partial charge in [0.1, 0.15) is 0 Å². The van der Waals surface area contributed by atoms with Crippen LogP contribution in [0, 0.1) is 6.92 Å². The van der Waals surface area contributed by atoms with Gasteiger partial charge in [-0.2, -0.15) is 0 Å². The molecule has 2 aromatic carbocycles. The Hall–Kier alpha value is -2.60. The number of carbonyl (C=O) groups excluding carboxylic acids is 1. The number of nitrogens with one attached hydrogen (secondary N) is 1. The van der Waals surface area contributed by atoms with Crippen LogP contribution in [0.3, 0.4) is 0 Å². The number of hydrogen-bond acceptors (Lipinski definition) is 5. The molecule has 3 rings (SSSR count). The van der Waals surface area contributed by atoms with Gasteiger partial charge in [0.2, 0.25) is 11.8 Å². The minimum atomic E-state index is -0.324. The largest absolute Gasteiger partial charge is 0.411 e. The van der Waals surface area contributed by atoms with E-state index in [0.717, 1.165) is 11.1 Å². The lowest BCUT2D eigenvalue weighted by Gasteiger charge is -2.09. The van der Waals surface area contributed by atoms with E-state index in [1.165, 1.54) is 17.3 Å². The van der Waals surface area contributed by atoms with Crippen LogP contribution in [0.2, 0.25) is 0 Å². The second-order valence-corrected chi connectivity index (χ2v) is 6.99. The van der Waals surface area contributed by atoms with Crippen LogP contribution in [0.15, 0.2) is 64.2 Å². The third kappa shape index (κ3) is 4.70. The minimum Gasteiger partial charge on any atom is -0.411 e. The molecule has 6 heteroatoms. The van der Waals surface area contributed by atoms with Crippen molar-refractivity contribution in [1.29, 1.82) is 0 Å². The number of aromatic nitrogens is 2. The summed E-state index contributed by atoms with van der Waals surface area (Å²) in [6, 6.07) is 17.7. The molecule has 3 aromatic rings. The van der Waals surface area contributed by atoms with Crippen molar-refractivity contribution >= 4 is 17.7 Å². The Bertz CT molecular complexity index is 831. The normalized spacial score (nSPS) is 11.9. The minimum absolute atomic E-state index is 0.0658. The smallest absolute Gasteiger partial charge is 0.277 e. The van der Waals surface area contributed by atoms with Crippen LogP contribution in [0.5, 0.6) is 0 Å². The number of hydrogen-bond donors (Lipinski definition) is 1. The molecule has 128 valence electrons. The first-order valence-electron chi connectivity index (χ1n) is 8.00. The quantitative estimate of drug-likeness (QED) is 0.682. The molecule has 0 aliphatic rings. The standard InChI is InChI=1S/C19H19N3O2S/c1-13-8-10-16(11-9-13)18-21-22-19(24-18)25-14(2)17(23)20-12-15-6-4-3-5-7-15/h3-11,14H,12H2,1-2H3,(H,20,23)/t14-/m1/s1. The van der Waals surface area contributed by atoms with Crippen LogP contribution in [-0.2, 0) is 11.3 Å².